The Balaban J connectivity index is 2.45. The van der Waals surface area contributed by atoms with E-state index in [-0.39, 0.29) is 5.75 Å². The van der Waals surface area contributed by atoms with E-state index >= 15 is 0 Å². The Hall–Kier alpha value is -1.97. The van der Waals surface area contributed by atoms with Gasteiger partial charge >= 0.3 is 6.16 Å². The molecule has 4 heteroatoms. The Bertz CT molecular complexity index is 398. The summed E-state index contributed by atoms with van der Waals surface area (Å²) < 4.78 is 9.69. The van der Waals surface area contributed by atoms with Crippen LogP contribution < -0.4 is 0 Å². The van der Waals surface area contributed by atoms with E-state index in [0.29, 0.717) is 0 Å². The van der Waals surface area contributed by atoms with Gasteiger partial charge in [-0.25, -0.2) is 4.79 Å². The predicted molar refractivity (Wildman–Crippen MR) is 64.5 cm³/mol. The van der Waals surface area contributed by atoms with Crippen molar-refractivity contribution in [1.29, 1.82) is 0 Å². The SMILES string of the molecule is CC(C)(C)OC(=O)OC=Cc1ccc(O)cc1. The molecule has 0 aliphatic rings. The molecule has 0 aliphatic heterocycles. The maximum Gasteiger partial charge on any atom is 0.513 e. The molecule has 0 fully saturated rings. The molecule has 1 rings (SSSR count). The van der Waals surface area contributed by atoms with Gasteiger partial charge in [0.1, 0.15) is 11.4 Å². The summed E-state index contributed by atoms with van der Waals surface area (Å²) in [5.41, 5.74) is 0.245. The second-order valence-electron chi connectivity index (χ2n) is 4.48. The van der Waals surface area contributed by atoms with Crippen molar-refractivity contribution < 1.29 is 19.4 Å². The summed E-state index contributed by atoms with van der Waals surface area (Å²) >= 11 is 0. The van der Waals surface area contributed by atoms with E-state index in [4.69, 9.17) is 14.6 Å². The smallest absolute Gasteiger partial charge is 0.508 e. The molecule has 0 heterocycles. The zero-order valence-electron chi connectivity index (χ0n) is 10.1. The highest BCUT2D eigenvalue weighted by atomic mass is 16.7. The van der Waals surface area contributed by atoms with Crippen molar-refractivity contribution in [2.75, 3.05) is 0 Å². The fraction of sp³-hybridized carbons (Fsp3) is 0.308. The van der Waals surface area contributed by atoms with E-state index in [9.17, 15) is 4.79 Å². The van der Waals surface area contributed by atoms with E-state index in [2.05, 4.69) is 0 Å². The molecule has 0 spiro atoms. The first-order valence-corrected chi connectivity index (χ1v) is 5.22. The number of aromatic hydroxyl groups is 1. The van der Waals surface area contributed by atoms with Crippen LogP contribution in [0.5, 0.6) is 5.75 Å². The number of rotatable bonds is 2. The van der Waals surface area contributed by atoms with Crippen LogP contribution in [0.15, 0.2) is 30.5 Å². The molecule has 1 aromatic carbocycles. The Kier molecular flexibility index (Phi) is 4.15. The summed E-state index contributed by atoms with van der Waals surface area (Å²) in [6.45, 7) is 5.29. The van der Waals surface area contributed by atoms with E-state index in [1.54, 1.807) is 51.1 Å². The Morgan fingerprint density at radius 3 is 2.35 bits per heavy atom. The second kappa shape index (κ2) is 5.39. The Morgan fingerprint density at radius 2 is 1.82 bits per heavy atom. The summed E-state index contributed by atoms with van der Waals surface area (Å²) in [7, 11) is 0. The standard InChI is InChI=1S/C13H16O4/c1-13(2,3)17-12(15)16-9-8-10-4-6-11(14)7-5-10/h4-9,14H,1-3H3. The van der Waals surface area contributed by atoms with Gasteiger partial charge in [-0.05, 0) is 44.5 Å². The number of hydrogen-bond acceptors (Lipinski definition) is 4. The number of phenols is 1. The third-order valence-electron chi connectivity index (χ3n) is 1.71. The van der Waals surface area contributed by atoms with Crippen LogP contribution in [-0.2, 0) is 9.47 Å². The Labute approximate surface area is 100 Å². The Morgan fingerprint density at radius 1 is 1.24 bits per heavy atom. The maximum atomic E-state index is 11.2. The molecule has 4 nitrogen and oxygen atoms in total. The minimum absolute atomic E-state index is 0.190. The topological polar surface area (TPSA) is 55.8 Å². The van der Waals surface area contributed by atoms with Crippen LogP contribution in [0.4, 0.5) is 4.79 Å². The summed E-state index contributed by atoms with van der Waals surface area (Å²) in [5, 5.41) is 9.07. The fourth-order valence-corrected chi connectivity index (χ4v) is 1.03. The molecule has 0 aromatic heterocycles. The van der Waals surface area contributed by atoms with Crippen molar-refractivity contribution in [2.24, 2.45) is 0 Å². The van der Waals surface area contributed by atoms with Crippen molar-refractivity contribution in [1.82, 2.24) is 0 Å². The number of benzene rings is 1. The molecule has 0 unspecified atom stereocenters. The molecule has 0 saturated heterocycles. The molecule has 0 atom stereocenters. The molecule has 1 aromatic rings. The number of ether oxygens (including phenoxy) is 2. The lowest BCUT2D eigenvalue weighted by atomic mass is 10.2. The van der Waals surface area contributed by atoms with Crippen molar-refractivity contribution >= 4 is 12.2 Å². The number of carbonyl (C=O) groups excluding carboxylic acids is 1. The third kappa shape index (κ3) is 5.61. The molecule has 0 radical (unpaired) electrons. The number of carbonyl (C=O) groups is 1. The van der Waals surface area contributed by atoms with Gasteiger partial charge in [0, 0.05) is 0 Å². The monoisotopic (exact) mass is 236 g/mol. The third-order valence-corrected chi connectivity index (χ3v) is 1.71. The van der Waals surface area contributed by atoms with Gasteiger partial charge in [0.2, 0.25) is 0 Å². The van der Waals surface area contributed by atoms with Gasteiger partial charge in [-0.3, -0.25) is 0 Å². The van der Waals surface area contributed by atoms with Crippen LogP contribution in [0.25, 0.3) is 6.08 Å². The molecule has 92 valence electrons. The fourth-order valence-electron chi connectivity index (χ4n) is 1.03. The van der Waals surface area contributed by atoms with E-state index in [1.165, 1.54) is 6.26 Å². The van der Waals surface area contributed by atoms with Crippen molar-refractivity contribution in [3.8, 4) is 5.75 Å². The minimum atomic E-state index is -0.743. The zero-order chi connectivity index (χ0) is 12.9. The first-order valence-electron chi connectivity index (χ1n) is 5.22. The van der Waals surface area contributed by atoms with Crippen molar-refractivity contribution in [3.63, 3.8) is 0 Å². The molecule has 0 aliphatic carbocycles. The van der Waals surface area contributed by atoms with Gasteiger partial charge in [-0.15, -0.1) is 0 Å². The maximum absolute atomic E-state index is 11.2. The summed E-state index contributed by atoms with van der Waals surface area (Å²) in [6.07, 6.45) is 2.11. The first kappa shape index (κ1) is 13.1. The average molecular weight is 236 g/mol. The molecule has 0 amide bonds. The molecule has 0 saturated carbocycles. The summed E-state index contributed by atoms with van der Waals surface area (Å²) in [5.74, 6) is 0.190. The van der Waals surface area contributed by atoms with Gasteiger partial charge in [0.25, 0.3) is 0 Å². The van der Waals surface area contributed by atoms with E-state index in [0.717, 1.165) is 5.56 Å². The lowest BCUT2D eigenvalue weighted by Gasteiger charge is -2.17. The zero-order valence-corrected chi connectivity index (χ0v) is 10.1. The summed E-state index contributed by atoms with van der Waals surface area (Å²) in [6, 6.07) is 6.49. The molecule has 17 heavy (non-hydrogen) atoms. The van der Waals surface area contributed by atoms with E-state index in [1.807, 2.05) is 0 Å². The van der Waals surface area contributed by atoms with Gasteiger partial charge in [-0.2, -0.15) is 0 Å². The first-order chi connectivity index (χ1) is 7.87. The van der Waals surface area contributed by atoms with E-state index < -0.39 is 11.8 Å². The molecule has 0 bridgehead atoms. The van der Waals surface area contributed by atoms with Crippen molar-refractivity contribution in [3.05, 3.63) is 36.1 Å². The van der Waals surface area contributed by atoms with Crippen LogP contribution in [0.2, 0.25) is 0 Å². The number of phenolic OH excluding ortho intramolecular Hbond substituents is 1. The number of hydrogen-bond donors (Lipinski definition) is 1. The average Bonchev–Trinajstić information content (AvgIpc) is 2.18. The second-order valence-corrected chi connectivity index (χ2v) is 4.48. The van der Waals surface area contributed by atoms with Gasteiger partial charge in [-0.1, -0.05) is 12.1 Å². The molecular weight excluding hydrogens is 220 g/mol. The van der Waals surface area contributed by atoms with Gasteiger partial charge < -0.3 is 14.6 Å². The van der Waals surface area contributed by atoms with Crippen LogP contribution in [-0.4, -0.2) is 16.9 Å². The van der Waals surface area contributed by atoms with Gasteiger partial charge in [0.15, 0.2) is 0 Å². The summed E-state index contributed by atoms with van der Waals surface area (Å²) in [4.78, 5) is 11.2. The quantitative estimate of drug-likeness (QED) is 0.632. The normalized spacial score (nSPS) is 11.5. The molecule has 1 N–H and O–H groups in total. The molecular formula is C13H16O4. The predicted octanol–water partition coefficient (Wildman–Crippen LogP) is 3.31. The van der Waals surface area contributed by atoms with Crippen LogP contribution >= 0.6 is 0 Å². The highest BCUT2D eigenvalue weighted by Crippen LogP contribution is 2.11. The van der Waals surface area contributed by atoms with Crippen LogP contribution in [0.3, 0.4) is 0 Å². The van der Waals surface area contributed by atoms with Crippen molar-refractivity contribution in [2.45, 2.75) is 26.4 Å². The minimum Gasteiger partial charge on any atom is -0.508 e. The van der Waals surface area contributed by atoms with Crippen LogP contribution in [0, 0.1) is 0 Å². The van der Waals surface area contributed by atoms with Crippen LogP contribution in [0.1, 0.15) is 26.3 Å². The van der Waals surface area contributed by atoms with Gasteiger partial charge in [0.05, 0.1) is 6.26 Å². The lowest BCUT2D eigenvalue weighted by molar-refractivity contribution is 0.0113. The highest BCUT2D eigenvalue weighted by Gasteiger charge is 2.16. The lowest BCUT2D eigenvalue weighted by Crippen LogP contribution is -2.23. The highest BCUT2D eigenvalue weighted by molar-refractivity contribution is 5.62. The largest absolute Gasteiger partial charge is 0.513 e.